The monoisotopic (exact) mass is 248 g/mol. The first-order valence-corrected chi connectivity index (χ1v) is 7.87. The summed E-state index contributed by atoms with van der Waals surface area (Å²) in [4.78, 5) is 0. The molecule has 0 saturated carbocycles. The van der Waals surface area contributed by atoms with Gasteiger partial charge >= 0.3 is 0 Å². The van der Waals surface area contributed by atoms with Gasteiger partial charge in [0, 0.05) is 19.1 Å². The fourth-order valence-corrected chi connectivity index (χ4v) is 4.09. The zero-order valence-corrected chi connectivity index (χ0v) is 11.2. The van der Waals surface area contributed by atoms with Gasteiger partial charge in [-0.3, -0.25) is 0 Å². The fourth-order valence-electron chi connectivity index (χ4n) is 2.27. The predicted molar refractivity (Wildman–Crippen MR) is 67.0 cm³/mol. The zero-order valence-electron chi connectivity index (χ0n) is 10.4. The minimum atomic E-state index is -3.06. The van der Waals surface area contributed by atoms with E-state index < -0.39 is 10.0 Å². The summed E-state index contributed by atoms with van der Waals surface area (Å²) < 4.78 is 26.1. The van der Waals surface area contributed by atoms with Crippen LogP contribution in [0.3, 0.4) is 0 Å². The first-order chi connectivity index (χ1) is 7.61. The van der Waals surface area contributed by atoms with E-state index in [4.69, 9.17) is 0 Å². The van der Waals surface area contributed by atoms with E-state index in [9.17, 15) is 8.42 Å². The molecule has 0 amide bonds. The van der Waals surface area contributed by atoms with Gasteiger partial charge in [0.05, 0.1) is 5.75 Å². The smallest absolute Gasteiger partial charge is 0.215 e. The molecular formula is C11H24N2O2S. The van der Waals surface area contributed by atoms with Crippen molar-refractivity contribution in [2.75, 3.05) is 25.9 Å². The summed E-state index contributed by atoms with van der Waals surface area (Å²) in [5, 5.41) is 2.91. The highest BCUT2D eigenvalue weighted by Crippen LogP contribution is 2.22. The third-order valence-corrected chi connectivity index (χ3v) is 5.18. The van der Waals surface area contributed by atoms with Gasteiger partial charge in [-0.25, -0.2) is 8.42 Å². The standard InChI is InChI=1S/C11H24N2O2S/c1-3-11-7-5-4-6-9-13(11)16(14,15)10-8-12-2/h11-12H,3-10H2,1-2H3. The maximum atomic E-state index is 12.2. The Morgan fingerprint density at radius 3 is 2.69 bits per heavy atom. The fraction of sp³-hybridized carbons (Fsp3) is 1.00. The molecule has 0 spiro atoms. The van der Waals surface area contributed by atoms with Crippen LogP contribution in [-0.2, 0) is 10.0 Å². The highest BCUT2D eigenvalue weighted by molar-refractivity contribution is 7.89. The SMILES string of the molecule is CCC1CCCCCN1S(=O)(=O)CCNC. The molecule has 96 valence electrons. The molecule has 1 unspecified atom stereocenters. The van der Waals surface area contributed by atoms with Gasteiger partial charge in [0.1, 0.15) is 0 Å². The first-order valence-electron chi connectivity index (χ1n) is 6.26. The van der Waals surface area contributed by atoms with Crippen molar-refractivity contribution in [3.05, 3.63) is 0 Å². The van der Waals surface area contributed by atoms with Crippen LogP contribution in [0.4, 0.5) is 0 Å². The maximum absolute atomic E-state index is 12.2. The van der Waals surface area contributed by atoms with Crippen molar-refractivity contribution in [2.45, 2.75) is 45.1 Å². The summed E-state index contributed by atoms with van der Waals surface area (Å²) in [6, 6.07) is 0.226. The van der Waals surface area contributed by atoms with Gasteiger partial charge < -0.3 is 5.32 Å². The van der Waals surface area contributed by atoms with E-state index in [2.05, 4.69) is 12.2 Å². The molecule has 0 aromatic rings. The average molecular weight is 248 g/mol. The molecule has 0 aromatic heterocycles. The molecule has 1 aliphatic rings. The second-order valence-corrected chi connectivity index (χ2v) is 6.48. The van der Waals surface area contributed by atoms with Crippen LogP contribution in [0.1, 0.15) is 39.0 Å². The van der Waals surface area contributed by atoms with Crippen LogP contribution >= 0.6 is 0 Å². The highest BCUT2D eigenvalue weighted by Gasteiger charge is 2.29. The van der Waals surface area contributed by atoms with Gasteiger partial charge in [0.15, 0.2) is 0 Å². The second-order valence-electron chi connectivity index (χ2n) is 4.44. The normalized spacial score (nSPS) is 24.2. The molecule has 1 aliphatic heterocycles. The van der Waals surface area contributed by atoms with Crippen LogP contribution in [0, 0.1) is 0 Å². The van der Waals surface area contributed by atoms with E-state index in [1.54, 1.807) is 11.4 Å². The lowest BCUT2D eigenvalue weighted by atomic mass is 10.1. The van der Waals surface area contributed by atoms with Crippen LogP contribution < -0.4 is 5.32 Å². The summed E-state index contributed by atoms with van der Waals surface area (Å²) in [7, 11) is -1.27. The Morgan fingerprint density at radius 2 is 2.06 bits per heavy atom. The number of rotatable bonds is 5. The number of nitrogens with zero attached hydrogens (tertiary/aromatic N) is 1. The third kappa shape index (κ3) is 3.71. The lowest BCUT2D eigenvalue weighted by Crippen LogP contribution is -2.42. The van der Waals surface area contributed by atoms with E-state index in [-0.39, 0.29) is 11.8 Å². The van der Waals surface area contributed by atoms with E-state index in [1.165, 1.54) is 0 Å². The molecule has 16 heavy (non-hydrogen) atoms. The molecule has 0 aliphatic carbocycles. The van der Waals surface area contributed by atoms with E-state index >= 15 is 0 Å². The summed E-state index contributed by atoms with van der Waals surface area (Å²) in [5.41, 5.74) is 0. The number of sulfonamides is 1. The van der Waals surface area contributed by atoms with Crippen molar-refractivity contribution in [3.63, 3.8) is 0 Å². The molecule has 1 atom stereocenters. The molecule has 0 bridgehead atoms. The van der Waals surface area contributed by atoms with Gasteiger partial charge in [0.2, 0.25) is 10.0 Å². The zero-order chi connectivity index (χ0) is 12.0. The summed E-state index contributed by atoms with van der Waals surface area (Å²) >= 11 is 0. The molecule has 0 aromatic carbocycles. The van der Waals surface area contributed by atoms with Crippen LogP contribution in [-0.4, -0.2) is 44.7 Å². The number of hydrogen-bond donors (Lipinski definition) is 1. The van der Waals surface area contributed by atoms with Crippen molar-refractivity contribution in [3.8, 4) is 0 Å². The van der Waals surface area contributed by atoms with Crippen LogP contribution in [0.25, 0.3) is 0 Å². The minimum absolute atomic E-state index is 0.222. The van der Waals surface area contributed by atoms with Gasteiger partial charge in [-0.05, 0) is 26.3 Å². The molecule has 1 heterocycles. The largest absolute Gasteiger partial charge is 0.319 e. The Morgan fingerprint density at radius 1 is 1.31 bits per heavy atom. The summed E-state index contributed by atoms with van der Waals surface area (Å²) in [6.07, 6.45) is 5.29. The average Bonchev–Trinajstić information content (AvgIpc) is 2.51. The Labute approximate surface area is 99.5 Å². The summed E-state index contributed by atoms with van der Waals surface area (Å²) in [6.45, 7) is 3.33. The van der Waals surface area contributed by atoms with Gasteiger partial charge in [-0.15, -0.1) is 0 Å². The molecule has 4 nitrogen and oxygen atoms in total. The number of hydrogen-bond acceptors (Lipinski definition) is 3. The Kier molecular flexibility index (Phi) is 5.72. The number of nitrogens with one attached hydrogen (secondary N) is 1. The molecular weight excluding hydrogens is 224 g/mol. The molecule has 1 N–H and O–H groups in total. The molecule has 0 radical (unpaired) electrons. The first kappa shape index (κ1) is 13.9. The lowest BCUT2D eigenvalue weighted by Gasteiger charge is -2.28. The molecule has 5 heteroatoms. The van der Waals surface area contributed by atoms with Crippen molar-refractivity contribution in [1.82, 2.24) is 9.62 Å². The van der Waals surface area contributed by atoms with Gasteiger partial charge in [0.25, 0.3) is 0 Å². The molecule has 1 saturated heterocycles. The Balaban J connectivity index is 2.72. The van der Waals surface area contributed by atoms with Crippen molar-refractivity contribution in [2.24, 2.45) is 0 Å². The van der Waals surface area contributed by atoms with Crippen molar-refractivity contribution in [1.29, 1.82) is 0 Å². The highest BCUT2D eigenvalue weighted by atomic mass is 32.2. The third-order valence-electron chi connectivity index (χ3n) is 3.26. The summed E-state index contributed by atoms with van der Waals surface area (Å²) in [5.74, 6) is 0.222. The van der Waals surface area contributed by atoms with E-state index in [0.29, 0.717) is 13.1 Å². The van der Waals surface area contributed by atoms with Crippen LogP contribution in [0.2, 0.25) is 0 Å². The maximum Gasteiger partial charge on any atom is 0.215 e. The second kappa shape index (κ2) is 6.57. The van der Waals surface area contributed by atoms with Crippen molar-refractivity contribution < 1.29 is 8.42 Å². The van der Waals surface area contributed by atoms with E-state index in [1.807, 2.05) is 0 Å². The molecule has 1 fully saturated rings. The minimum Gasteiger partial charge on any atom is -0.319 e. The molecule has 1 rings (SSSR count). The van der Waals surface area contributed by atoms with Crippen LogP contribution in [0.15, 0.2) is 0 Å². The Bertz CT molecular complexity index is 290. The topological polar surface area (TPSA) is 49.4 Å². The van der Waals surface area contributed by atoms with Gasteiger partial charge in [-0.2, -0.15) is 4.31 Å². The lowest BCUT2D eigenvalue weighted by molar-refractivity contribution is 0.315. The quantitative estimate of drug-likeness (QED) is 0.795. The Hall–Kier alpha value is -0.130. The van der Waals surface area contributed by atoms with Crippen LogP contribution in [0.5, 0.6) is 0 Å². The van der Waals surface area contributed by atoms with E-state index in [0.717, 1.165) is 32.1 Å². The predicted octanol–water partition coefficient (Wildman–Crippen LogP) is 1.19. The van der Waals surface area contributed by atoms with Gasteiger partial charge in [-0.1, -0.05) is 19.8 Å². The van der Waals surface area contributed by atoms with Crippen molar-refractivity contribution >= 4 is 10.0 Å².